The summed E-state index contributed by atoms with van der Waals surface area (Å²) in [5, 5.41) is 3.57. The summed E-state index contributed by atoms with van der Waals surface area (Å²) in [4.78, 5) is -0.551. The molecule has 0 saturated heterocycles. The van der Waals surface area contributed by atoms with Gasteiger partial charge in [0.15, 0.2) is 15.5 Å². The minimum absolute atomic E-state index is 0.0482. The molecule has 0 amide bonds. The zero-order valence-corrected chi connectivity index (χ0v) is 17.9. The predicted octanol–water partition coefficient (Wildman–Crippen LogP) is 5.63. The van der Waals surface area contributed by atoms with E-state index in [1.54, 1.807) is 18.2 Å². The average molecular weight is 542 g/mol. The second kappa shape index (κ2) is 7.27. The van der Waals surface area contributed by atoms with Gasteiger partial charge < -0.3 is 0 Å². The number of sulfone groups is 1. The van der Waals surface area contributed by atoms with Gasteiger partial charge in [0.2, 0.25) is 0 Å². The van der Waals surface area contributed by atoms with Crippen molar-refractivity contribution in [1.82, 2.24) is 9.78 Å². The van der Waals surface area contributed by atoms with Crippen molar-refractivity contribution >= 4 is 41.7 Å². The third kappa shape index (κ3) is 4.01. The summed E-state index contributed by atoms with van der Waals surface area (Å²) < 4.78 is 79.2. The van der Waals surface area contributed by atoms with Crippen molar-refractivity contribution in [3.8, 4) is 16.9 Å². The number of hydrogen-bond acceptors (Lipinski definition) is 3. The van der Waals surface area contributed by atoms with Gasteiger partial charge in [0, 0.05) is 26.8 Å². The molecule has 4 nitrogen and oxygen atoms in total. The Hall–Kier alpha value is -1.72. The first-order chi connectivity index (χ1) is 12.9. The maximum atomic E-state index is 14.3. The summed E-state index contributed by atoms with van der Waals surface area (Å²) >= 11 is 6.60. The van der Waals surface area contributed by atoms with Gasteiger partial charge in [0.05, 0.1) is 11.4 Å². The van der Waals surface area contributed by atoms with E-state index < -0.39 is 32.4 Å². The van der Waals surface area contributed by atoms with Crippen molar-refractivity contribution in [2.75, 3.05) is 6.26 Å². The van der Waals surface area contributed by atoms with Crippen molar-refractivity contribution in [2.45, 2.75) is 11.1 Å². The maximum absolute atomic E-state index is 14.3. The first kappa shape index (κ1) is 21.0. The molecular weight excluding hydrogens is 532 g/mol. The predicted molar refractivity (Wildman–Crippen MR) is 102 cm³/mol. The molecule has 3 aromatic rings. The lowest BCUT2D eigenvalue weighted by molar-refractivity contribution is -0.141. The van der Waals surface area contributed by atoms with Crippen LogP contribution < -0.4 is 0 Å². The van der Waals surface area contributed by atoms with Crippen molar-refractivity contribution < 1.29 is 26.0 Å². The van der Waals surface area contributed by atoms with Crippen LogP contribution in [0.25, 0.3) is 16.9 Å². The molecule has 0 unspecified atom stereocenters. The molecule has 0 spiro atoms. The average Bonchev–Trinajstić information content (AvgIpc) is 3.01. The molecule has 2 aromatic carbocycles. The fraction of sp³-hybridized carbons (Fsp3) is 0.118. The van der Waals surface area contributed by atoms with E-state index >= 15 is 0 Å². The molecule has 0 radical (unpaired) electrons. The van der Waals surface area contributed by atoms with Crippen LogP contribution in [0.15, 0.2) is 56.3 Å². The highest BCUT2D eigenvalue weighted by Gasteiger charge is 2.35. The largest absolute Gasteiger partial charge is 0.435 e. The highest BCUT2D eigenvalue weighted by Crippen LogP contribution is 2.38. The molecule has 0 N–H and O–H groups in total. The molecule has 0 aliphatic carbocycles. The highest BCUT2D eigenvalue weighted by molar-refractivity contribution is 9.13. The minimum atomic E-state index is -4.72. The van der Waals surface area contributed by atoms with Crippen molar-refractivity contribution in [2.24, 2.45) is 0 Å². The van der Waals surface area contributed by atoms with Gasteiger partial charge in [-0.1, -0.05) is 12.1 Å². The molecule has 0 aliphatic heterocycles. The van der Waals surface area contributed by atoms with Gasteiger partial charge in [-0.3, -0.25) is 0 Å². The zero-order chi connectivity index (χ0) is 20.9. The summed E-state index contributed by atoms with van der Waals surface area (Å²) in [5.41, 5.74) is -0.791. The number of rotatable bonds is 3. The molecule has 11 heteroatoms. The quantitative estimate of drug-likeness (QED) is 0.404. The van der Waals surface area contributed by atoms with Gasteiger partial charge >= 0.3 is 6.18 Å². The number of hydrogen-bond donors (Lipinski definition) is 0. The SMILES string of the molecule is CS(=O)(=O)c1ccc(-n2nc(C(F)(F)F)cc2-c2cccc(Br)c2Br)cc1F. The van der Waals surface area contributed by atoms with Gasteiger partial charge in [-0.15, -0.1) is 0 Å². The Kier molecular flexibility index (Phi) is 5.45. The molecule has 0 fully saturated rings. The van der Waals surface area contributed by atoms with E-state index in [0.29, 0.717) is 14.5 Å². The standard InChI is InChI=1S/C17H10Br2F4N2O2S/c1-28(26,27)14-6-5-9(7-12(14)20)25-13(8-15(24-25)17(21,22)23)10-3-2-4-11(18)16(10)19/h2-8H,1H3. The normalized spacial score (nSPS) is 12.4. The Morgan fingerprint density at radius 2 is 1.75 bits per heavy atom. The zero-order valence-electron chi connectivity index (χ0n) is 13.9. The summed E-state index contributed by atoms with van der Waals surface area (Å²) in [5.74, 6) is -1.08. The fourth-order valence-corrected chi connectivity index (χ4v) is 4.09. The topological polar surface area (TPSA) is 52.0 Å². The second-order valence-electron chi connectivity index (χ2n) is 5.81. The minimum Gasteiger partial charge on any atom is -0.232 e. The van der Waals surface area contributed by atoms with Crippen LogP contribution in [-0.4, -0.2) is 24.5 Å². The number of benzene rings is 2. The Labute approximate surface area is 174 Å². The summed E-state index contributed by atoms with van der Waals surface area (Å²) in [6.07, 6.45) is -3.88. The second-order valence-corrected chi connectivity index (χ2v) is 9.44. The molecule has 0 saturated carbocycles. The van der Waals surface area contributed by atoms with E-state index in [9.17, 15) is 26.0 Å². The van der Waals surface area contributed by atoms with E-state index in [-0.39, 0.29) is 11.4 Å². The smallest absolute Gasteiger partial charge is 0.232 e. The highest BCUT2D eigenvalue weighted by atomic mass is 79.9. The Balaban J connectivity index is 2.28. The molecule has 1 heterocycles. The Morgan fingerprint density at radius 1 is 1.07 bits per heavy atom. The van der Waals surface area contributed by atoms with Crippen LogP contribution >= 0.6 is 31.9 Å². The van der Waals surface area contributed by atoms with E-state index in [2.05, 4.69) is 37.0 Å². The van der Waals surface area contributed by atoms with Crippen LogP contribution in [0.5, 0.6) is 0 Å². The van der Waals surface area contributed by atoms with E-state index in [1.165, 1.54) is 6.07 Å². The van der Waals surface area contributed by atoms with E-state index in [1.807, 2.05) is 0 Å². The molecular formula is C17H10Br2F4N2O2S. The first-order valence-corrected chi connectivity index (χ1v) is 11.0. The van der Waals surface area contributed by atoms with Crippen LogP contribution in [0.4, 0.5) is 17.6 Å². The van der Waals surface area contributed by atoms with Crippen molar-refractivity contribution in [3.63, 3.8) is 0 Å². The Bertz CT molecular complexity index is 1170. The van der Waals surface area contributed by atoms with Gasteiger partial charge in [-0.05, 0) is 56.1 Å². The van der Waals surface area contributed by atoms with Crippen LogP contribution in [0.2, 0.25) is 0 Å². The summed E-state index contributed by atoms with van der Waals surface area (Å²) in [6, 6.07) is 8.76. The van der Waals surface area contributed by atoms with E-state index in [4.69, 9.17) is 0 Å². The lowest BCUT2D eigenvalue weighted by Gasteiger charge is -2.11. The number of alkyl halides is 3. The first-order valence-electron chi connectivity index (χ1n) is 7.51. The molecule has 1 aromatic heterocycles. The summed E-state index contributed by atoms with van der Waals surface area (Å²) in [7, 11) is -3.82. The molecule has 0 bridgehead atoms. The van der Waals surface area contributed by atoms with Crippen molar-refractivity contribution in [3.05, 3.63) is 62.9 Å². The third-order valence-electron chi connectivity index (χ3n) is 3.79. The summed E-state index contributed by atoms with van der Waals surface area (Å²) in [6.45, 7) is 0. The lowest BCUT2D eigenvalue weighted by atomic mass is 10.1. The third-order valence-corrected chi connectivity index (χ3v) is 6.96. The molecule has 0 aliphatic rings. The van der Waals surface area contributed by atoms with E-state index in [0.717, 1.165) is 29.1 Å². The Morgan fingerprint density at radius 3 is 2.32 bits per heavy atom. The van der Waals surface area contributed by atoms with Crippen molar-refractivity contribution in [1.29, 1.82) is 0 Å². The van der Waals surface area contributed by atoms with Crippen LogP contribution in [0.1, 0.15) is 5.69 Å². The molecule has 3 rings (SSSR count). The van der Waals surface area contributed by atoms with Gasteiger partial charge in [-0.25, -0.2) is 17.5 Å². The fourth-order valence-electron chi connectivity index (χ4n) is 2.53. The monoisotopic (exact) mass is 540 g/mol. The van der Waals surface area contributed by atoms with Gasteiger partial charge in [0.25, 0.3) is 0 Å². The molecule has 0 atom stereocenters. The van der Waals surface area contributed by atoms with Crippen LogP contribution in [0, 0.1) is 5.82 Å². The van der Waals surface area contributed by atoms with Crippen LogP contribution in [-0.2, 0) is 16.0 Å². The number of halogens is 6. The van der Waals surface area contributed by atoms with Gasteiger partial charge in [-0.2, -0.15) is 18.3 Å². The number of aromatic nitrogens is 2. The molecule has 28 heavy (non-hydrogen) atoms. The van der Waals surface area contributed by atoms with Crippen LogP contribution in [0.3, 0.4) is 0 Å². The molecule has 148 valence electrons. The lowest BCUT2D eigenvalue weighted by Crippen LogP contribution is -2.08. The number of nitrogens with zero attached hydrogens (tertiary/aromatic N) is 2. The van der Waals surface area contributed by atoms with Gasteiger partial charge in [0.1, 0.15) is 10.7 Å². The maximum Gasteiger partial charge on any atom is 0.435 e.